The van der Waals surface area contributed by atoms with Gasteiger partial charge in [-0.25, -0.2) is 0 Å². The maximum atomic E-state index is 11.5. The minimum atomic E-state index is -0.342. The number of esters is 2. The van der Waals surface area contributed by atoms with Gasteiger partial charge in [-0.15, -0.1) is 5.92 Å². The van der Waals surface area contributed by atoms with Crippen molar-refractivity contribution in [1.29, 1.82) is 0 Å². The van der Waals surface area contributed by atoms with Gasteiger partial charge >= 0.3 is 11.9 Å². The van der Waals surface area contributed by atoms with Crippen LogP contribution in [-0.4, -0.2) is 24.6 Å². The third-order valence-corrected chi connectivity index (χ3v) is 2.29. The topological polar surface area (TPSA) is 52.6 Å². The zero-order valence-corrected chi connectivity index (χ0v) is 12.3. The van der Waals surface area contributed by atoms with Crippen LogP contribution in [0.25, 0.3) is 0 Å². The molecule has 0 rings (SSSR count). The molecule has 0 saturated carbocycles. The van der Waals surface area contributed by atoms with Gasteiger partial charge < -0.3 is 9.47 Å². The highest BCUT2D eigenvalue weighted by Gasteiger charge is 2.11. The zero-order chi connectivity index (χ0) is 14.7. The van der Waals surface area contributed by atoms with Crippen molar-refractivity contribution in [2.75, 3.05) is 6.61 Å². The molecule has 0 aliphatic rings. The molecular formula is C15H24O4. The van der Waals surface area contributed by atoms with Crippen molar-refractivity contribution in [2.45, 2.75) is 59.5 Å². The van der Waals surface area contributed by atoms with Crippen LogP contribution in [0, 0.1) is 17.8 Å². The summed E-state index contributed by atoms with van der Waals surface area (Å²) in [4.78, 5) is 22.8. The van der Waals surface area contributed by atoms with Gasteiger partial charge in [0.1, 0.15) is 0 Å². The van der Waals surface area contributed by atoms with Crippen LogP contribution in [0.3, 0.4) is 0 Å². The Balaban J connectivity index is 3.78. The molecular weight excluding hydrogens is 244 g/mol. The molecule has 0 aliphatic carbocycles. The average molecular weight is 268 g/mol. The highest BCUT2D eigenvalue weighted by molar-refractivity contribution is 5.72. The minimum Gasteiger partial charge on any atom is -0.465 e. The lowest BCUT2D eigenvalue weighted by Gasteiger charge is -2.10. The molecule has 0 aliphatic heterocycles. The Labute approximate surface area is 115 Å². The van der Waals surface area contributed by atoms with Gasteiger partial charge in [-0.1, -0.05) is 26.7 Å². The van der Waals surface area contributed by atoms with E-state index in [9.17, 15) is 9.59 Å². The van der Waals surface area contributed by atoms with Crippen LogP contribution >= 0.6 is 0 Å². The summed E-state index contributed by atoms with van der Waals surface area (Å²) >= 11 is 0. The number of hydrogen-bond acceptors (Lipinski definition) is 4. The first-order valence-corrected chi connectivity index (χ1v) is 6.76. The van der Waals surface area contributed by atoms with Crippen LogP contribution in [-0.2, 0) is 19.1 Å². The second kappa shape index (κ2) is 10.4. The molecule has 0 aromatic heterocycles. The van der Waals surface area contributed by atoms with Gasteiger partial charge in [-0.05, 0) is 25.7 Å². The summed E-state index contributed by atoms with van der Waals surface area (Å²) in [6.07, 6.45) is 1.25. The Morgan fingerprint density at radius 2 is 1.79 bits per heavy atom. The molecule has 108 valence electrons. The lowest BCUT2D eigenvalue weighted by Crippen LogP contribution is -2.16. The van der Waals surface area contributed by atoms with E-state index in [1.165, 1.54) is 0 Å². The third kappa shape index (κ3) is 10.1. The van der Waals surface area contributed by atoms with Gasteiger partial charge in [0.05, 0.1) is 6.61 Å². The Kier molecular flexibility index (Phi) is 9.60. The number of hydrogen-bond donors (Lipinski definition) is 0. The van der Waals surface area contributed by atoms with Gasteiger partial charge in [0.25, 0.3) is 0 Å². The number of rotatable bonds is 8. The van der Waals surface area contributed by atoms with E-state index >= 15 is 0 Å². The lowest BCUT2D eigenvalue weighted by atomic mass is 10.2. The Hall–Kier alpha value is -1.50. The van der Waals surface area contributed by atoms with Crippen LogP contribution < -0.4 is 0 Å². The van der Waals surface area contributed by atoms with E-state index in [2.05, 4.69) is 11.8 Å². The van der Waals surface area contributed by atoms with Crippen molar-refractivity contribution in [3.05, 3.63) is 0 Å². The van der Waals surface area contributed by atoms with E-state index < -0.39 is 0 Å². The van der Waals surface area contributed by atoms with Crippen LogP contribution in [0.4, 0.5) is 0 Å². The molecule has 4 heteroatoms. The molecule has 0 saturated heterocycles. The van der Waals surface area contributed by atoms with E-state index in [4.69, 9.17) is 9.47 Å². The van der Waals surface area contributed by atoms with Crippen LogP contribution in [0.1, 0.15) is 53.4 Å². The Morgan fingerprint density at radius 1 is 1.16 bits per heavy atom. The van der Waals surface area contributed by atoms with Crippen molar-refractivity contribution < 1.29 is 19.1 Å². The van der Waals surface area contributed by atoms with Crippen molar-refractivity contribution in [3.8, 4) is 11.8 Å². The standard InChI is InChI=1S/C15H24O4/c1-5-8-13(6-2)19-15(17)10-7-9-14(16)18-11-12(3)4/h12-13H,6-7,9-11H2,1-4H3. The lowest BCUT2D eigenvalue weighted by molar-refractivity contribution is -0.147. The summed E-state index contributed by atoms with van der Waals surface area (Å²) in [5.41, 5.74) is 0. The van der Waals surface area contributed by atoms with E-state index in [0.717, 1.165) is 0 Å². The Bertz CT molecular complexity index is 336. The fourth-order valence-electron chi connectivity index (χ4n) is 1.30. The summed E-state index contributed by atoms with van der Waals surface area (Å²) in [6.45, 7) is 7.99. The minimum absolute atomic E-state index is 0.221. The van der Waals surface area contributed by atoms with Crippen LogP contribution in [0.15, 0.2) is 0 Å². The van der Waals surface area contributed by atoms with Crippen molar-refractivity contribution in [2.24, 2.45) is 5.92 Å². The second-order valence-electron chi connectivity index (χ2n) is 4.71. The van der Waals surface area contributed by atoms with Crippen molar-refractivity contribution >= 4 is 11.9 Å². The van der Waals surface area contributed by atoms with E-state index in [-0.39, 0.29) is 30.9 Å². The number of carbonyl (C=O) groups excluding carboxylic acids is 2. The maximum absolute atomic E-state index is 11.5. The second-order valence-corrected chi connectivity index (χ2v) is 4.71. The highest BCUT2D eigenvalue weighted by atomic mass is 16.5. The summed E-state index contributed by atoms with van der Waals surface area (Å²) in [5, 5.41) is 0. The van der Waals surface area contributed by atoms with E-state index in [1.807, 2.05) is 20.8 Å². The van der Waals surface area contributed by atoms with Crippen LogP contribution in [0.5, 0.6) is 0 Å². The van der Waals surface area contributed by atoms with Crippen LogP contribution in [0.2, 0.25) is 0 Å². The summed E-state index contributed by atoms with van der Waals surface area (Å²) in [6, 6.07) is 0. The monoisotopic (exact) mass is 268 g/mol. The summed E-state index contributed by atoms with van der Waals surface area (Å²) in [5.74, 6) is 5.28. The fourth-order valence-corrected chi connectivity index (χ4v) is 1.30. The van der Waals surface area contributed by atoms with Crippen molar-refractivity contribution in [3.63, 3.8) is 0 Å². The predicted octanol–water partition coefficient (Wildman–Crippen LogP) is 2.70. The molecule has 1 atom stereocenters. The number of carbonyl (C=O) groups is 2. The quantitative estimate of drug-likeness (QED) is 0.501. The average Bonchev–Trinajstić information content (AvgIpc) is 2.35. The predicted molar refractivity (Wildman–Crippen MR) is 73.3 cm³/mol. The van der Waals surface area contributed by atoms with Gasteiger partial charge in [0.2, 0.25) is 0 Å². The molecule has 19 heavy (non-hydrogen) atoms. The molecule has 0 amide bonds. The fraction of sp³-hybridized carbons (Fsp3) is 0.733. The first-order chi connectivity index (χ1) is 8.99. The van der Waals surface area contributed by atoms with Gasteiger partial charge in [-0.3, -0.25) is 9.59 Å². The normalized spacial score (nSPS) is 11.4. The SMILES string of the molecule is CC#CC(CC)OC(=O)CCCC(=O)OCC(C)C. The molecule has 0 fully saturated rings. The smallest absolute Gasteiger partial charge is 0.307 e. The van der Waals surface area contributed by atoms with E-state index in [1.54, 1.807) is 6.92 Å². The molecule has 0 heterocycles. The Morgan fingerprint density at radius 3 is 2.32 bits per heavy atom. The largest absolute Gasteiger partial charge is 0.465 e. The van der Waals surface area contributed by atoms with Gasteiger partial charge in [0, 0.05) is 12.8 Å². The van der Waals surface area contributed by atoms with Crippen molar-refractivity contribution in [1.82, 2.24) is 0 Å². The molecule has 0 N–H and O–H groups in total. The first kappa shape index (κ1) is 17.5. The van der Waals surface area contributed by atoms with E-state index in [0.29, 0.717) is 25.4 Å². The highest BCUT2D eigenvalue weighted by Crippen LogP contribution is 2.05. The van der Waals surface area contributed by atoms with Gasteiger partial charge in [-0.2, -0.15) is 0 Å². The van der Waals surface area contributed by atoms with Gasteiger partial charge in [0.15, 0.2) is 6.10 Å². The zero-order valence-electron chi connectivity index (χ0n) is 12.3. The molecule has 0 aromatic carbocycles. The molecule has 0 aromatic rings. The number of ether oxygens (including phenoxy) is 2. The molecule has 4 nitrogen and oxygen atoms in total. The molecule has 0 spiro atoms. The molecule has 0 bridgehead atoms. The maximum Gasteiger partial charge on any atom is 0.307 e. The first-order valence-electron chi connectivity index (χ1n) is 6.76. The molecule has 1 unspecified atom stereocenters. The third-order valence-electron chi connectivity index (χ3n) is 2.29. The summed E-state index contributed by atoms with van der Waals surface area (Å²) < 4.78 is 10.2. The summed E-state index contributed by atoms with van der Waals surface area (Å²) in [7, 11) is 0. The molecule has 0 radical (unpaired) electrons.